The maximum Gasteiger partial charge on any atom is 0.253 e. The van der Waals surface area contributed by atoms with Gasteiger partial charge in [0.2, 0.25) is 0 Å². The van der Waals surface area contributed by atoms with Gasteiger partial charge in [-0.3, -0.25) is 9.78 Å². The number of ketones is 1. The number of carbonyl (C=O) groups excluding carboxylic acids is 1. The highest BCUT2D eigenvalue weighted by Crippen LogP contribution is 2.48. The Balaban J connectivity index is 1.49. The minimum absolute atomic E-state index is 0.0402. The highest BCUT2D eigenvalue weighted by molar-refractivity contribution is 7.99. The summed E-state index contributed by atoms with van der Waals surface area (Å²) in [6.07, 6.45) is 3.76. The molecule has 0 atom stereocenters. The van der Waals surface area contributed by atoms with E-state index < -0.39 is 5.79 Å². The molecule has 2 aliphatic rings. The Morgan fingerprint density at radius 2 is 1.86 bits per heavy atom. The third-order valence-corrected chi connectivity index (χ3v) is 6.52. The van der Waals surface area contributed by atoms with Gasteiger partial charge in [0, 0.05) is 42.4 Å². The molecule has 1 spiro atoms. The summed E-state index contributed by atoms with van der Waals surface area (Å²) in [4.78, 5) is 17.6. The molecule has 0 bridgehead atoms. The summed E-state index contributed by atoms with van der Waals surface area (Å²) in [7, 11) is 0. The van der Waals surface area contributed by atoms with Crippen LogP contribution in [0.3, 0.4) is 0 Å². The zero-order valence-electron chi connectivity index (χ0n) is 15.7. The highest BCUT2D eigenvalue weighted by atomic mass is 32.2. The number of fused-ring (bicyclic) bond motifs is 2. The van der Waals surface area contributed by atoms with Crippen LogP contribution in [-0.4, -0.2) is 28.1 Å². The molecule has 3 heterocycles. The van der Waals surface area contributed by atoms with Crippen molar-refractivity contribution < 1.29 is 14.3 Å². The molecule has 2 aliphatic heterocycles. The molecular formula is C23H21NO3S. The first-order valence-corrected chi connectivity index (χ1v) is 10.8. The lowest BCUT2D eigenvalue weighted by Gasteiger charge is -2.31. The second kappa shape index (κ2) is 6.82. The van der Waals surface area contributed by atoms with Crippen LogP contribution < -0.4 is 9.47 Å². The van der Waals surface area contributed by atoms with E-state index in [1.165, 1.54) is 0 Å². The second-order valence-corrected chi connectivity index (χ2v) is 8.63. The molecule has 5 rings (SSSR count). The number of carbonyl (C=O) groups is 1. The smallest absolute Gasteiger partial charge is 0.253 e. The summed E-state index contributed by atoms with van der Waals surface area (Å²) in [5.41, 5.74) is 3.50. The Kier molecular flexibility index (Phi) is 4.27. The first kappa shape index (κ1) is 17.6. The molecule has 142 valence electrons. The van der Waals surface area contributed by atoms with Crippen molar-refractivity contribution in [2.24, 2.45) is 0 Å². The molecule has 0 unspecified atom stereocenters. The van der Waals surface area contributed by atoms with E-state index in [2.05, 4.69) is 4.98 Å². The third-order valence-electron chi connectivity index (χ3n) is 5.53. The standard InChI is InChI=1S/C23H21NO3S/c1-15-6-7-18(22-21(15)26-23(27-22)9-12-28-13-10-23)20(25)14-16-8-11-24-19-5-3-2-4-17(16)19/h2-8,11H,9-10,12-14H2,1H3. The van der Waals surface area contributed by atoms with Crippen molar-refractivity contribution >= 4 is 28.4 Å². The largest absolute Gasteiger partial charge is 0.448 e. The lowest BCUT2D eigenvalue weighted by atomic mass is 9.98. The van der Waals surface area contributed by atoms with Crippen molar-refractivity contribution in [3.8, 4) is 11.5 Å². The second-order valence-electron chi connectivity index (χ2n) is 7.40. The number of hydrogen-bond donors (Lipinski definition) is 0. The van der Waals surface area contributed by atoms with E-state index in [1.807, 2.05) is 61.2 Å². The highest BCUT2D eigenvalue weighted by Gasteiger charge is 2.44. The number of para-hydroxylation sites is 1. The van der Waals surface area contributed by atoms with E-state index in [0.717, 1.165) is 52.1 Å². The maximum atomic E-state index is 13.2. The van der Waals surface area contributed by atoms with Gasteiger partial charge in [0.1, 0.15) is 0 Å². The fourth-order valence-corrected chi connectivity index (χ4v) is 5.08. The number of aromatic nitrogens is 1. The number of rotatable bonds is 3. The molecule has 4 nitrogen and oxygen atoms in total. The Morgan fingerprint density at radius 3 is 2.71 bits per heavy atom. The van der Waals surface area contributed by atoms with Gasteiger partial charge in [-0.1, -0.05) is 24.3 Å². The first-order valence-electron chi connectivity index (χ1n) is 9.60. The lowest BCUT2D eigenvalue weighted by Crippen LogP contribution is -2.42. The van der Waals surface area contributed by atoms with E-state index >= 15 is 0 Å². The molecule has 0 saturated carbocycles. The fraction of sp³-hybridized carbons (Fsp3) is 0.304. The van der Waals surface area contributed by atoms with Gasteiger partial charge in [0.25, 0.3) is 5.79 Å². The summed E-state index contributed by atoms with van der Waals surface area (Å²) < 4.78 is 12.6. The summed E-state index contributed by atoms with van der Waals surface area (Å²) in [5.74, 6) is 2.82. The molecule has 5 heteroatoms. The van der Waals surface area contributed by atoms with Crippen LogP contribution in [-0.2, 0) is 6.42 Å². The number of benzene rings is 2. The van der Waals surface area contributed by atoms with E-state index in [0.29, 0.717) is 17.7 Å². The number of Topliss-reactive ketones (excluding diaryl/α,β-unsaturated/α-hetero) is 1. The zero-order chi connectivity index (χ0) is 19.1. The van der Waals surface area contributed by atoms with Gasteiger partial charge in [-0.15, -0.1) is 0 Å². The normalized spacial score (nSPS) is 17.2. The van der Waals surface area contributed by atoms with Gasteiger partial charge < -0.3 is 9.47 Å². The lowest BCUT2D eigenvalue weighted by molar-refractivity contribution is -0.0848. The average molecular weight is 391 g/mol. The molecule has 0 radical (unpaired) electrons. The van der Waals surface area contributed by atoms with Crippen molar-refractivity contribution in [1.29, 1.82) is 0 Å². The molecule has 1 saturated heterocycles. The minimum Gasteiger partial charge on any atom is -0.448 e. The van der Waals surface area contributed by atoms with Gasteiger partial charge in [0.05, 0.1) is 11.1 Å². The van der Waals surface area contributed by atoms with Crippen LogP contribution in [0.1, 0.15) is 34.3 Å². The number of thioether (sulfide) groups is 1. The van der Waals surface area contributed by atoms with Crippen LogP contribution >= 0.6 is 11.8 Å². The number of pyridine rings is 1. The van der Waals surface area contributed by atoms with Crippen molar-refractivity contribution in [3.63, 3.8) is 0 Å². The molecule has 0 N–H and O–H groups in total. The fourth-order valence-electron chi connectivity index (χ4n) is 3.97. The van der Waals surface area contributed by atoms with Crippen molar-refractivity contribution in [3.05, 3.63) is 65.4 Å². The van der Waals surface area contributed by atoms with Crippen molar-refractivity contribution in [2.45, 2.75) is 32.0 Å². The van der Waals surface area contributed by atoms with Crippen molar-refractivity contribution in [2.75, 3.05) is 11.5 Å². The zero-order valence-corrected chi connectivity index (χ0v) is 16.6. The van der Waals surface area contributed by atoms with Crippen LogP contribution in [0, 0.1) is 6.92 Å². The quantitative estimate of drug-likeness (QED) is 0.591. The van der Waals surface area contributed by atoms with E-state index in [1.54, 1.807) is 6.20 Å². The van der Waals surface area contributed by atoms with Gasteiger partial charge >= 0.3 is 0 Å². The minimum atomic E-state index is -0.599. The molecule has 1 fully saturated rings. The number of aryl methyl sites for hydroxylation is 1. The van der Waals surface area contributed by atoms with Gasteiger partial charge in [0.15, 0.2) is 17.3 Å². The number of nitrogens with zero attached hydrogens (tertiary/aromatic N) is 1. The third kappa shape index (κ3) is 2.94. The van der Waals surface area contributed by atoms with Crippen molar-refractivity contribution in [1.82, 2.24) is 4.98 Å². The predicted octanol–water partition coefficient (Wildman–Crippen LogP) is 4.96. The van der Waals surface area contributed by atoms with E-state index in [-0.39, 0.29) is 5.78 Å². The van der Waals surface area contributed by atoms with Crippen LogP contribution in [0.25, 0.3) is 10.9 Å². The Labute approximate surface area is 168 Å². The Hall–Kier alpha value is -2.53. The monoisotopic (exact) mass is 391 g/mol. The molecule has 0 amide bonds. The first-order chi connectivity index (χ1) is 13.7. The maximum absolute atomic E-state index is 13.2. The molecule has 0 aliphatic carbocycles. The topological polar surface area (TPSA) is 48.4 Å². The van der Waals surface area contributed by atoms with Gasteiger partial charge in [-0.25, -0.2) is 0 Å². The molecule has 2 aromatic carbocycles. The Bertz CT molecular complexity index is 1070. The SMILES string of the molecule is Cc1ccc(C(=O)Cc2ccnc3ccccc23)c2c1OC1(CCSCC1)O2. The molecule has 3 aromatic rings. The average Bonchev–Trinajstić information content (AvgIpc) is 3.08. The van der Waals surface area contributed by atoms with Crippen LogP contribution in [0.15, 0.2) is 48.7 Å². The van der Waals surface area contributed by atoms with E-state index in [9.17, 15) is 4.79 Å². The number of hydrogen-bond acceptors (Lipinski definition) is 5. The Morgan fingerprint density at radius 1 is 1.07 bits per heavy atom. The molecule has 28 heavy (non-hydrogen) atoms. The van der Waals surface area contributed by atoms with Gasteiger partial charge in [-0.2, -0.15) is 11.8 Å². The summed E-state index contributed by atoms with van der Waals surface area (Å²) >= 11 is 1.92. The van der Waals surface area contributed by atoms with Gasteiger partial charge in [-0.05, 0) is 36.2 Å². The van der Waals surface area contributed by atoms with Crippen LogP contribution in [0.4, 0.5) is 0 Å². The number of ether oxygens (including phenoxy) is 2. The predicted molar refractivity (Wildman–Crippen MR) is 112 cm³/mol. The molecular weight excluding hydrogens is 370 g/mol. The van der Waals surface area contributed by atoms with Crippen LogP contribution in [0.5, 0.6) is 11.5 Å². The summed E-state index contributed by atoms with van der Waals surface area (Å²) in [5, 5.41) is 1.01. The summed E-state index contributed by atoms with van der Waals surface area (Å²) in [6.45, 7) is 2.00. The molecule has 1 aromatic heterocycles. The summed E-state index contributed by atoms with van der Waals surface area (Å²) in [6, 6.07) is 13.7. The van der Waals surface area contributed by atoms with E-state index in [4.69, 9.17) is 9.47 Å². The van der Waals surface area contributed by atoms with Crippen LogP contribution in [0.2, 0.25) is 0 Å².